The largest absolute Gasteiger partial charge is 0.333 e. The first-order chi connectivity index (χ1) is 13.7. The van der Waals surface area contributed by atoms with Crippen LogP contribution in [0.2, 0.25) is 0 Å². The lowest BCUT2D eigenvalue weighted by molar-refractivity contribution is -0.131. The van der Waals surface area contributed by atoms with E-state index in [1.807, 2.05) is 72.5 Å². The minimum Gasteiger partial charge on any atom is -0.333 e. The standard InChI is InChI=1S/C21H23N5OS/c1-3-14-26-21(22-23-24-26)28-17(2)20(27)25(15-18-10-6-4-7-11-18)16-19-12-8-5-9-13-19/h3-13,17H,1,14-16H2,2H3. The monoisotopic (exact) mass is 393 g/mol. The molecule has 7 heteroatoms. The van der Waals surface area contributed by atoms with Crippen molar-refractivity contribution in [2.24, 2.45) is 0 Å². The fraction of sp³-hybridized carbons (Fsp3) is 0.238. The van der Waals surface area contributed by atoms with Crippen LogP contribution in [0.3, 0.4) is 0 Å². The molecule has 0 aliphatic rings. The molecule has 1 aromatic heterocycles. The predicted octanol–water partition coefficient (Wildman–Crippen LogP) is 3.57. The minimum absolute atomic E-state index is 0.0471. The quantitative estimate of drug-likeness (QED) is 0.411. The molecule has 28 heavy (non-hydrogen) atoms. The van der Waals surface area contributed by atoms with Crippen LogP contribution in [0.5, 0.6) is 0 Å². The summed E-state index contributed by atoms with van der Waals surface area (Å²) in [7, 11) is 0. The summed E-state index contributed by atoms with van der Waals surface area (Å²) >= 11 is 1.36. The van der Waals surface area contributed by atoms with Crippen molar-refractivity contribution in [3.05, 3.63) is 84.4 Å². The van der Waals surface area contributed by atoms with Crippen molar-refractivity contribution >= 4 is 17.7 Å². The Labute approximate surface area is 169 Å². The number of benzene rings is 2. The number of allylic oxidation sites excluding steroid dienone is 1. The molecule has 1 heterocycles. The van der Waals surface area contributed by atoms with Crippen LogP contribution in [0.1, 0.15) is 18.1 Å². The first-order valence-electron chi connectivity index (χ1n) is 9.07. The van der Waals surface area contributed by atoms with Gasteiger partial charge in [-0.25, -0.2) is 4.68 Å². The number of tetrazole rings is 1. The first-order valence-corrected chi connectivity index (χ1v) is 9.95. The molecule has 0 aliphatic heterocycles. The van der Waals surface area contributed by atoms with E-state index in [4.69, 9.17) is 0 Å². The summed E-state index contributed by atoms with van der Waals surface area (Å²) in [4.78, 5) is 15.1. The molecule has 0 fully saturated rings. The fourth-order valence-corrected chi connectivity index (χ4v) is 3.69. The number of carbonyl (C=O) groups is 1. The Hall–Kier alpha value is -2.93. The Morgan fingerprint density at radius 3 is 2.21 bits per heavy atom. The van der Waals surface area contributed by atoms with Crippen LogP contribution in [0.25, 0.3) is 0 Å². The fourth-order valence-electron chi connectivity index (χ4n) is 2.80. The molecular weight excluding hydrogens is 370 g/mol. The van der Waals surface area contributed by atoms with Gasteiger partial charge >= 0.3 is 0 Å². The number of thioether (sulfide) groups is 1. The molecule has 0 aliphatic carbocycles. The average molecular weight is 394 g/mol. The molecule has 1 unspecified atom stereocenters. The molecule has 0 saturated heterocycles. The molecule has 6 nitrogen and oxygen atoms in total. The van der Waals surface area contributed by atoms with E-state index >= 15 is 0 Å². The van der Waals surface area contributed by atoms with Crippen LogP contribution in [0, 0.1) is 0 Å². The highest BCUT2D eigenvalue weighted by Gasteiger charge is 2.24. The number of rotatable bonds is 9. The van der Waals surface area contributed by atoms with Crippen LogP contribution in [0.4, 0.5) is 0 Å². The highest BCUT2D eigenvalue weighted by molar-refractivity contribution is 8.00. The summed E-state index contributed by atoms with van der Waals surface area (Å²) in [6.45, 7) is 7.22. The van der Waals surface area contributed by atoms with E-state index in [0.29, 0.717) is 24.8 Å². The Kier molecular flexibility index (Phi) is 6.97. The van der Waals surface area contributed by atoms with E-state index in [9.17, 15) is 4.79 Å². The predicted molar refractivity (Wildman–Crippen MR) is 110 cm³/mol. The number of carbonyl (C=O) groups excluding carboxylic acids is 1. The zero-order valence-electron chi connectivity index (χ0n) is 15.8. The van der Waals surface area contributed by atoms with Crippen molar-refractivity contribution in [3.63, 3.8) is 0 Å². The van der Waals surface area contributed by atoms with Gasteiger partial charge in [0.2, 0.25) is 11.1 Å². The van der Waals surface area contributed by atoms with Gasteiger partial charge in [-0.3, -0.25) is 4.79 Å². The summed E-state index contributed by atoms with van der Waals surface area (Å²) < 4.78 is 1.64. The van der Waals surface area contributed by atoms with Gasteiger partial charge in [0.25, 0.3) is 0 Å². The van der Waals surface area contributed by atoms with Crippen molar-refractivity contribution in [2.45, 2.75) is 37.0 Å². The Morgan fingerprint density at radius 1 is 1.11 bits per heavy atom. The van der Waals surface area contributed by atoms with Crippen LogP contribution >= 0.6 is 11.8 Å². The molecule has 0 bridgehead atoms. The topological polar surface area (TPSA) is 63.9 Å². The van der Waals surface area contributed by atoms with E-state index in [0.717, 1.165) is 11.1 Å². The smallest absolute Gasteiger partial charge is 0.236 e. The van der Waals surface area contributed by atoms with Gasteiger partial charge in [0.15, 0.2) is 0 Å². The maximum atomic E-state index is 13.3. The highest BCUT2D eigenvalue weighted by atomic mass is 32.2. The lowest BCUT2D eigenvalue weighted by atomic mass is 10.1. The van der Waals surface area contributed by atoms with Crippen LogP contribution in [-0.2, 0) is 24.4 Å². The van der Waals surface area contributed by atoms with Crippen molar-refractivity contribution in [1.29, 1.82) is 0 Å². The minimum atomic E-state index is -0.318. The van der Waals surface area contributed by atoms with Gasteiger partial charge in [0, 0.05) is 13.1 Å². The van der Waals surface area contributed by atoms with Gasteiger partial charge in [-0.2, -0.15) is 0 Å². The Morgan fingerprint density at radius 2 is 1.68 bits per heavy atom. The van der Waals surface area contributed by atoms with Crippen molar-refractivity contribution in [1.82, 2.24) is 25.1 Å². The van der Waals surface area contributed by atoms with Crippen molar-refractivity contribution in [2.75, 3.05) is 0 Å². The average Bonchev–Trinajstić information content (AvgIpc) is 3.15. The molecule has 3 aromatic rings. The van der Waals surface area contributed by atoms with Crippen LogP contribution in [0.15, 0.2) is 78.5 Å². The number of amides is 1. The summed E-state index contributed by atoms with van der Waals surface area (Å²) in [5.41, 5.74) is 2.20. The molecule has 3 rings (SSSR count). The van der Waals surface area contributed by atoms with Gasteiger partial charge in [0.1, 0.15) is 0 Å². The third kappa shape index (κ3) is 5.29. The first kappa shape index (κ1) is 19.8. The SMILES string of the molecule is C=CCn1nnnc1SC(C)C(=O)N(Cc1ccccc1)Cc1ccccc1. The Bertz CT molecular complexity index is 856. The molecule has 0 saturated carbocycles. The summed E-state index contributed by atoms with van der Waals surface area (Å²) in [5.74, 6) is 0.0471. The van der Waals surface area contributed by atoms with E-state index < -0.39 is 0 Å². The lowest BCUT2D eigenvalue weighted by Gasteiger charge is -2.26. The second kappa shape index (κ2) is 9.85. The van der Waals surface area contributed by atoms with E-state index in [1.54, 1.807) is 10.8 Å². The maximum absolute atomic E-state index is 13.3. The van der Waals surface area contributed by atoms with Crippen LogP contribution < -0.4 is 0 Å². The van der Waals surface area contributed by atoms with Gasteiger partial charge in [-0.1, -0.05) is 78.5 Å². The normalized spacial score (nSPS) is 11.8. The molecule has 2 aromatic carbocycles. The molecule has 0 spiro atoms. The van der Waals surface area contributed by atoms with E-state index in [2.05, 4.69) is 22.1 Å². The number of hydrogen-bond acceptors (Lipinski definition) is 5. The van der Waals surface area contributed by atoms with Gasteiger partial charge in [0.05, 0.1) is 11.8 Å². The molecule has 0 radical (unpaired) electrons. The maximum Gasteiger partial charge on any atom is 0.236 e. The van der Waals surface area contributed by atoms with E-state index in [1.165, 1.54) is 11.8 Å². The molecular formula is C21H23N5OS. The number of hydrogen-bond donors (Lipinski definition) is 0. The zero-order chi connectivity index (χ0) is 19.8. The summed E-state index contributed by atoms with van der Waals surface area (Å²) in [6.07, 6.45) is 1.73. The second-order valence-electron chi connectivity index (χ2n) is 6.36. The summed E-state index contributed by atoms with van der Waals surface area (Å²) in [6, 6.07) is 20.0. The van der Waals surface area contributed by atoms with Crippen LogP contribution in [-0.4, -0.2) is 36.3 Å². The third-order valence-electron chi connectivity index (χ3n) is 4.18. The van der Waals surface area contributed by atoms with Crippen molar-refractivity contribution < 1.29 is 4.79 Å². The van der Waals surface area contributed by atoms with Gasteiger partial charge in [-0.05, 0) is 28.5 Å². The molecule has 1 atom stereocenters. The zero-order valence-corrected chi connectivity index (χ0v) is 16.6. The van der Waals surface area contributed by atoms with E-state index in [-0.39, 0.29) is 11.2 Å². The molecule has 1 amide bonds. The number of nitrogens with zero attached hydrogens (tertiary/aromatic N) is 5. The second-order valence-corrected chi connectivity index (χ2v) is 7.67. The third-order valence-corrected chi connectivity index (χ3v) is 5.23. The Balaban J connectivity index is 1.76. The highest BCUT2D eigenvalue weighted by Crippen LogP contribution is 2.23. The molecule has 0 N–H and O–H groups in total. The summed E-state index contributed by atoms with van der Waals surface area (Å²) in [5, 5.41) is 12.0. The van der Waals surface area contributed by atoms with Gasteiger partial charge < -0.3 is 4.90 Å². The lowest BCUT2D eigenvalue weighted by Crippen LogP contribution is -2.35. The number of aromatic nitrogens is 4. The van der Waals surface area contributed by atoms with Gasteiger partial charge in [-0.15, -0.1) is 11.7 Å². The molecule has 144 valence electrons. The van der Waals surface area contributed by atoms with Crippen molar-refractivity contribution in [3.8, 4) is 0 Å².